The van der Waals surface area contributed by atoms with Gasteiger partial charge >= 0.3 is 0 Å². The number of aryl methyl sites for hydroxylation is 1. The topological polar surface area (TPSA) is 74.3 Å². The number of ether oxygens (including phenoxy) is 1. The van der Waals surface area contributed by atoms with Crippen LogP contribution >= 0.6 is 11.8 Å². The van der Waals surface area contributed by atoms with Gasteiger partial charge < -0.3 is 4.74 Å². The van der Waals surface area contributed by atoms with Gasteiger partial charge in [-0.25, -0.2) is 4.98 Å². The fourth-order valence-corrected chi connectivity index (χ4v) is 4.48. The average molecular weight is 444 g/mol. The molecule has 5 rings (SSSR count). The van der Waals surface area contributed by atoms with Gasteiger partial charge in [0, 0.05) is 18.0 Å². The summed E-state index contributed by atoms with van der Waals surface area (Å²) in [6, 6.07) is 19.6. The molecule has 0 aliphatic heterocycles. The number of para-hydroxylation sites is 1. The van der Waals surface area contributed by atoms with Gasteiger partial charge in [0.15, 0.2) is 5.16 Å². The van der Waals surface area contributed by atoms with Crippen LogP contribution in [0.3, 0.4) is 0 Å². The minimum atomic E-state index is -0.0722. The second-order valence-corrected chi connectivity index (χ2v) is 8.45. The number of benzene rings is 2. The van der Waals surface area contributed by atoms with Gasteiger partial charge in [-0.1, -0.05) is 59.8 Å². The zero-order valence-electron chi connectivity index (χ0n) is 17.7. The Morgan fingerprint density at radius 2 is 1.75 bits per heavy atom. The van der Waals surface area contributed by atoms with E-state index >= 15 is 0 Å². The third-order valence-corrected chi connectivity index (χ3v) is 6.31. The number of pyridine rings is 1. The van der Waals surface area contributed by atoms with Gasteiger partial charge in [0.05, 0.1) is 24.6 Å². The Bertz CT molecular complexity index is 1460. The van der Waals surface area contributed by atoms with E-state index in [9.17, 15) is 4.79 Å². The van der Waals surface area contributed by atoms with Gasteiger partial charge in [-0.05, 0) is 30.2 Å². The van der Waals surface area contributed by atoms with Gasteiger partial charge in [0.2, 0.25) is 11.7 Å². The number of aromatic nitrogens is 5. The van der Waals surface area contributed by atoms with Crippen molar-refractivity contribution in [3.05, 3.63) is 93.9 Å². The van der Waals surface area contributed by atoms with Gasteiger partial charge in [-0.2, -0.15) is 0 Å². The van der Waals surface area contributed by atoms with Gasteiger partial charge in [-0.15, -0.1) is 10.2 Å². The number of fused-ring (bicyclic) bond motifs is 3. The van der Waals surface area contributed by atoms with Crippen molar-refractivity contribution in [1.82, 2.24) is 24.1 Å². The minimum Gasteiger partial charge on any atom is -0.481 e. The predicted octanol–water partition coefficient (Wildman–Crippen LogP) is 4.10. The first-order chi connectivity index (χ1) is 15.6. The first-order valence-corrected chi connectivity index (χ1v) is 11.2. The number of hydrogen-bond donors (Lipinski definition) is 0. The third-order valence-electron chi connectivity index (χ3n) is 5.31. The lowest BCUT2D eigenvalue weighted by atomic mass is 10.1. The van der Waals surface area contributed by atoms with Crippen LogP contribution in [0.4, 0.5) is 0 Å². The fraction of sp³-hybridized carbons (Fsp3) is 0.167. The molecule has 2 aromatic carbocycles. The van der Waals surface area contributed by atoms with Crippen molar-refractivity contribution < 1.29 is 4.74 Å². The Hall–Kier alpha value is -3.65. The summed E-state index contributed by atoms with van der Waals surface area (Å²) in [6.07, 6.45) is 1.79. The first-order valence-electron chi connectivity index (χ1n) is 10.2. The Morgan fingerprint density at radius 1 is 0.969 bits per heavy atom. The summed E-state index contributed by atoms with van der Waals surface area (Å²) in [7, 11) is 1.60. The highest BCUT2D eigenvalue weighted by molar-refractivity contribution is 7.98. The summed E-state index contributed by atoms with van der Waals surface area (Å²) in [5.41, 5.74) is 3.99. The van der Waals surface area contributed by atoms with Crippen molar-refractivity contribution in [1.29, 1.82) is 0 Å². The van der Waals surface area contributed by atoms with E-state index in [0.717, 1.165) is 21.8 Å². The maximum atomic E-state index is 13.3. The van der Waals surface area contributed by atoms with Crippen LogP contribution in [-0.2, 0) is 12.3 Å². The summed E-state index contributed by atoms with van der Waals surface area (Å²) in [4.78, 5) is 17.6. The van der Waals surface area contributed by atoms with Gasteiger partial charge in [0.1, 0.15) is 0 Å². The summed E-state index contributed by atoms with van der Waals surface area (Å²) < 4.78 is 8.79. The zero-order chi connectivity index (χ0) is 22.1. The van der Waals surface area contributed by atoms with Crippen LogP contribution in [0.15, 0.2) is 76.8 Å². The molecule has 0 fully saturated rings. The van der Waals surface area contributed by atoms with Gasteiger partial charge in [0.25, 0.3) is 5.56 Å². The molecule has 0 radical (unpaired) electrons. The van der Waals surface area contributed by atoms with Crippen molar-refractivity contribution in [2.45, 2.75) is 24.4 Å². The molecule has 0 aliphatic rings. The van der Waals surface area contributed by atoms with Crippen molar-refractivity contribution in [3.8, 4) is 5.88 Å². The summed E-state index contributed by atoms with van der Waals surface area (Å²) in [5.74, 6) is 1.78. The normalized spacial score (nSPS) is 11.3. The molecule has 0 N–H and O–H groups in total. The number of thioether (sulfide) groups is 1. The Kier molecular flexibility index (Phi) is 5.36. The van der Waals surface area contributed by atoms with E-state index in [0.29, 0.717) is 29.3 Å². The molecule has 0 aliphatic carbocycles. The Balaban J connectivity index is 1.58. The predicted molar refractivity (Wildman–Crippen MR) is 125 cm³/mol. The van der Waals surface area contributed by atoms with Crippen LogP contribution in [0.2, 0.25) is 0 Å². The first kappa shape index (κ1) is 20.3. The van der Waals surface area contributed by atoms with Crippen molar-refractivity contribution in [2.24, 2.45) is 0 Å². The standard InChI is InChI=1S/C24H21N5O2S/c1-16-7-9-17(10-8-16)14-28-22(30)19-5-3-4-6-20(19)29-23(28)26-27-24(29)32-15-18-11-12-21(31-2)25-13-18/h3-13H,14-15H2,1-2H3. The molecule has 0 saturated heterocycles. The fourth-order valence-electron chi connectivity index (χ4n) is 3.61. The van der Waals surface area contributed by atoms with E-state index in [4.69, 9.17) is 4.74 Å². The highest BCUT2D eigenvalue weighted by atomic mass is 32.2. The molecule has 160 valence electrons. The quantitative estimate of drug-likeness (QED) is 0.368. The maximum absolute atomic E-state index is 13.3. The molecule has 0 amide bonds. The molecule has 0 unspecified atom stereocenters. The monoisotopic (exact) mass is 443 g/mol. The molecule has 0 atom stereocenters. The average Bonchev–Trinajstić information content (AvgIpc) is 3.26. The number of rotatable bonds is 6. The zero-order valence-corrected chi connectivity index (χ0v) is 18.5. The molecule has 3 heterocycles. The molecule has 0 spiro atoms. The van der Waals surface area contributed by atoms with Crippen LogP contribution in [0.5, 0.6) is 5.88 Å². The smallest absolute Gasteiger partial charge is 0.263 e. The largest absolute Gasteiger partial charge is 0.481 e. The summed E-state index contributed by atoms with van der Waals surface area (Å²) >= 11 is 1.55. The second kappa shape index (κ2) is 8.47. The molecule has 0 saturated carbocycles. The number of hydrogen-bond acceptors (Lipinski definition) is 6. The molecule has 0 bridgehead atoms. The molecule has 3 aromatic heterocycles. The summed E-state index contributed by atoms with van der Waals surface area (Å²) in [5, 5.41) is 10.2. The maximum Gasteiger partial charge on any atom is 0.263 e. The van der Waals surface area contributed by atoms with E-state index < -0.39 is 0 Å². The second-order valence-electron chi connectivity index (χ2n) is 7.51. The highest BCUT2D eigenvalue weighted by Gasteiger charge is 2.17. The van der Waals surface area contributed by atoms with Crippen molar-refractivity contribution >= 4 is 28.4 Å². The van der Waals surface area contributed by atoms with Gasteiger partial charge in [-0.3, -0.25) is 13.8 Å². The van der Waals surface area contributed by atoms with Crippen LogP contribution in [0.25, 0.3) is 16.7 Å². The van der Waals surface area contributed by atoms with E-state index in [1.165, 1.54) is 5.56 Å². The molecule has 7 nitrogen and oxygen atoms in total. The van der Waals surface area contributed by atoms with Crippen LogP contribution in [0.1, 0.15) is 16.7 Å². The lowest BCUT2D eigenvalue weighted by Gasteiger charge is -2.11. The molecular formula is C24H21N5O2S. The highest BCUT2D eigenvalue weighted by Crippen LogP contribution is 2.25. The molecule has 32 heavy (non-hydrogen) atoms. The third kappa shape index (κ3) is 3.73. The van der Waals surface area contributed by atoms with Crippen LogP contribution in [-0.4, -0.2) is 31.3 Å². The Morgan fingerprint density at radius 3 is 2.50 bits per heavy atom. The van der Waals surface area contributed by atoms with Crippen molar-refractivity contribution in [3.63, 3.8) is 0 Å². The Labute approximate surface area is 188 Å². The van der Waals surface area contributed by atoms with Crippen molar-refractivity contribution in [2.75, 3.05) is 7.11 Å². The van der Waals surface area contributed by atoms with E-state index in [2.05, 4.69) is 15.2 Å². The number of nitrogens with zero attached hydrogens (tertiary/aromatic N) is 5. The van der Waals surface area contributed by atoms with Crippen LogP contribution < -0.4 is 10.3 Å². The van der Waals surface area contributed by atoms with Crippen LogP contribution in [0, 0.1) is 6.92 Å². The lowest BCUT2D eigenvalue weighted by Crippen LogP contribution is -2.24. The molecule has 8 heteroatoms. The summed E-state index contributed by atoms with van der Waals surface area (Å²) in [6.45, 7) is 2.48. The lowest BCUT2D eigenvalue weighted by molar-refractivity contribution is 0.397. The van der Waals surface area contributed by atoms with E-state index in [-0.39, 0.29) is 5.56 Å². The van der Waals surface area contributed by atoms with E-state index in [1.807, 2.05) is 72.0 Å². The molecule has 5 aromatic rings. The molecular weight excluding hydrogens is 422 g/mol. The SMILES string of the molecule is COc1ccc(CSc2nnc3n(Cc4ccc(C)cc4)c(=O)c4ccccc4n23)cn1. The van der Waals surface area contributed by atoms with E-state index in [1.54, 1.807) is 29.6 Å². The number of methoxy groups -OCH3 is 1. The minimum absolute atomic E-state index is 0.0722.